The molecule has 0 spiro atoms. The molecule has 2 aromatic rings. The Morgan fingerprint density at radius 2 is 1.46 bits per heavy atom. The molecule has 11 heteroatoms. The smallest absolute Gasteiger partial charge is 0.416 e. The number of alkyl halides is 6. The second kappa shape index (κ2) is 7.79. The monoisotopic (exact) mass is 406 g/mol. The van der Waals surface area contributed by atoms with Crippen molar-refractivity contribution in [3.05, 3.63) is 59.2 Å². The van der Waals surface area contributed by atoms with Gasteiger partial charge in [-0.3, -0.25) is 9.59 Å². The summed E-state index contributed by atoms with van der Waals surface area (Å²) >= 11 is 0. The Morgan fingerprint density at radius 1 is 0.929 bits per heavy atom. The number of anilines is 1. The predicted molar refractivity (Wildman–Crippen MR) is 85.5 cm³/mol. The molecule has 2 rings (SSSR count). The molecular weight excluding hydrogens is 394 g/mol. The van der Waals surface area contributed by atoms with Gasteiger partial charge in [-0.1, -0.05) is 12.1 Å². The summed E-state index contributed by atoms with van der Waals surface area (Å²) in [7, 11) is 0. The number of amides is 2. The van der Waals surface area contributed by atoms with Crippen LogP contribution in [0.3, 0.4) is 0 Å². The van der Waals surface area contributed by atoms with E-state index in [1.807, 2.05) is 0 Å². The minimum absolute atomic E-state index is 0.0172. The number of halogens is 6. The molecule has 0 aromatic heterocycles. The van der Waals surface area contributed by atoms with E-state index >= 15 is 0 Å². The van der Waals surface area contributed by atoms with Crippen LogP contribution < -0.4 is 15.8 Å². The fourth-order valence-corrected chi connectivity index (χ4v) is 2.15. The molecule has 150 valence electrons. The first-order valence-electron chi connectivity index (χ1n) is 7.49. The summed E-state index contributed by atoms with van der Waals surface area (Å²) in [4.78, 5) is 23.2. The predicted octanol–water partition coefficient (Wildman–Crippen LogP) is 3.84. The highest BCUT2D eigenvalue weighted by Gasteiger charge is 2.37. The van der Waals surface area contributed by atoms with E-state index in [-0.39, 0.29) is 17.3 Å². The summed E-state index contributed by atoms with van der Waals surface area (Å²) in [6.07, 6.45) is -10.1. The Balaban J connectivity index is 2.18. The van der Waals surface area contributed by atoms with Crippen molar-refractivity contribution in [3.8, 4) is 5.75 Å². The Labute approximate surface area is 154 Å². The first-order valence-corrected chi connectivity index (χ1v) is 7.49. The lowest BCUT2D eigenvalue weighted by Crippen LogP contribution is -2.23. The Hall–Kier alpha value is -3.24. The van der Waals surface area contributed by atoms with Crippen molar-refractivity contribution in [2.24, 2.45) is 5.73 Å². The quantitative estimate of drug-likeness (QED) is 0.741. The lowest BCUT2D eigenvalue weighted by molar-refractivity contribution is -0.143. The molecule has 28 heavy (non-hydrogen) atoms. The van der Waals surface area contributed by atoms with Crippen LogP contribution in [0, 0.1) is 0 Å². The molecule has 5 nitrogen and oxygen atoms in total. The Kier molecular flexibility index (Phi) is 5.86. The average molecular weight is 406 g/mol. The molecule has 2 aromatic carbocycles. The topological polar surface area (TPSA) is 81.4 Å². The van der Waals surface area contributed by atoms with Gasteiger partial charge in [-0.15, -0.1) is 0 Å². The van der Waals surface area contributed by atoms with Crippen LogP contribution in [0.4, 0.5) is 32.0 Å². The number of benzene rings is 2. The number of hydrogen-bond donors (Lipinski definition) is 2. The molecular formula is C17H12F6N2O3. The van der Waals surface area contributed by atoms with Crippen molar-refractivity contribution in [1.82, 2.24) is 0 Å². The number of primary amides is 1. The number of rotatable bonds is 5. The van der Waals surface area contributed by atoms with E-state index in [9.17, 15) is 35.9 Å². The van der Waals surface area contributed by atoms with Gasteiger partial charge in [0.1, 0.15) is 5.75 Å². The van der Waals surface area contributed by atoms with Crippen LogP contribution in [0.15, 0.2) is 42.5 Å². The lowest BCUT2D eigenvalue weighted by Gasteiger charge is -2.15. The van der Waals surface area contributed by atoms with Gasteiger partial charge >= 0.3 is 12.4 Å². The zero-order valence-corrected chi connectivity index (χ0v) is 13.8. The first-order chi connectivity index (χ1) is 12.9. The highest BCUT2D eigenvalue weighted by Crippen LogP contribution is 2.38. The third-order valence-electron chi connectivity index (χ3n) is 3.40. The van der Waals surface area contributed by atoms with Gasteiger partial charge in [0.25, 0.3) is 11.8 Å². The van der Waals surface area contributed by atoms with Gasteiger partial charge in [0.2, 0.25) is 0 Å². The average Bonchev–Trinajstić information content (AvgIpc) is 2.58. The largest absolute Gasteiger partial charge is 0.484 e. The molecule has 0 unspecified atom stereocenters. The summed E-state index contributed by atoms with van der Waals surface area (Å²) in [6.45, 7) is -0.897. The molecule has 0 fully saturated rings. The van der Waals surface area contributed by atoms with Crippen molar-refractivity contribution in [2.45, 2.75) is 12.4 Å². The van der Waals surface area contributed by atoms with Gasteiger partial charge in [0.15, 0.2) is 6.61 Å². The number of nitrogens with two attached hydrogens (primary N) is 1. The third kappa shape index (κ3) is 5.38. The van der Waals surface area contributed by atoms with Gasteiger partial charge in [0, 0.05) is 0 Å². The number of carbonyl (C=O) groups is 2. The minimum atomic E-state index is -5.04. The summed E-state index contributed by atoms with van der Waals surface area (Å²) in [5.41, 5.74) is 1.97. The SMILES string of the molecule is NC(=O)c1ccccc1NC(=O)COc1cc(C(F)(F)F)cc(C(F)(F)F)c1. The molecule has 3 N–H and O–H groups in total. The molecule has 2 amide bonds. The van der Waals surface area contributed by atoms with Crippen molar-refractivity contribution in [3.63, 3.8) is 0 Å². The molecule has 0 bridgehead atoms. The highest BCUT2D eigenvalue weighted by molar-refractivity contribution is 6.03. The zero-order valence-electron chi connectivity index (χ0n) is 13.8. The number of hydrogen-bond acceptors (Lipinski definition) is 3. The van der Waals surface area contributed by atoms with Gasteiger partial charge in [-0.2, -0.15) is 26.3 Å². The first kappa shape index (κ1) is 21.1. The molecule has 0 heterocycles. The van der Waals surface area contributed by atoms with E-state index in [1.165, 1.54) is 24.3 Å². The molecule has 0 aliphatic rings. The second-order valence-corrected chi connectivity index (χ2v) is 5.49. The minimum Gasteiger partial charge on any atom is -0.484 e. The van der Waals surface area contributed by atoms with Crippen molar-refractivity contribution in [1.29, 1.82) is 0 Å². The maximum atomic E-state index is 12.8. The van der Waals surface area contributed by atoms with Crippen LogP contribution in [0.5, 0.6) is 5.75 Å². The number of para-hydroxylation sites is 1. The molecule has 0 aliphatic heterocycles. The van der Waals surface area contributed by atoms with Crippen molar-refractivity contribution >= 4 is 17.5 Å². The Bertz CT molecular complexity index is 861. The van der Waals surface area contributed by atoms with Gasteiger partial charge in [-0.25, -0.2) is 0 Å². The lowest BCUT2D eigenvalue weighted by atomic mass is 10.1. The van der Waals surface area contributed by atoms with Crippen molar-refractivity contribution < 1.29 is 40.7 Å². The standard InChI is InChI=1S/C17H12F6N2O3/c18-16(19,20)9-5-10(17(21,22)23)7-11(6-9)28-8-14(26)25-13-4-2-1-3-12(13)15(24)27/h1-7H,8H2,(H2,24,27)(H,25,26). The molecule has 0 saturated heterocycles. The van der Waals surface area contributed by atoms with E-state index in [0.717, 1.165) is 0 Å². The fourth-order valence-electron chi connectivity index (χ4n) is 2.15. The van der Waals surface area contributed by atoms with E-state index in [2.05, 4.69) is 5.32 Å². The fraction of sp³-hybridized carbons (Fsp3) is 0.176. The summed E-state index contributed by atoms with van der Waals surface area (Å²) < 4.78 is 81.6. The van der Waals surface area contributed by atoms with Crippen LogP contribution >= 0.6 is 0 Å². The van der Waals surface area contributed by atoms with Crippen LogP contribution in [0.2, 0.25) is 0 Å². The van der Waals surface area contributed by atoms with Gasteiger partial charge < -0.3 is 15.8 Å². The maximum Gasteiger partial charge on any atom is 0.416 e. The number of carbonyl (C=O) groups excluding carboxylic acids is 2. The zero-order chi connectivity index (χ0) is 21.1. The molecule has 0 saturated carbocycles. The second-order valence-electron chi connectivity index (χ2n) is 5.49. The van der Waals surface area contributed by atoms with Crippen molar-refractivity contribution in [2.75, 3.05) is 11.9 Å². The highest BCUT2D eigenvalue weighted by atomic mass is 19.4. The normalized spacial score (nSPS) is 11.8. The summed E-state index contributed by atoms with van der Waals surface area (Å²) in [5.74, 6) is -2.55. The van der Waals surface area contributed by atoms with Crippen LogP contribution in [-0.2, 0) is 17.1 Å². The van der Waals surface area contributed by atoms with Crippen LogP contribution in [-0.4, -0.2) is 18.4 Å². The molecule has 0 radical (unpaired) electrons. The van der Waals surface area contributed by atoms with Crippen LogP contribution in [0.25, 0.3) is 0 Å². The Morgan fingerprint density at radius 3 is 1.96 bits per heavy atom. The maximum absolute atomic E-state index is 12.8. The summed E-state index contributed by atoms with van der Waals surface area (Å²) in [5, 5.41) is 2.24. The number of nitrogens with one attached hydrogen (secondary N) is 1. The van der Waals surface area contributed by atoms with Gasteiger partial charge in [-0.05, 0) is 30.3 Å². The number of ether oxygens (including phenoxy) is 1. The van der Waals surface area contributed by atoms with E-state index in [4.69, 9.17) is 10.5 Å². The van der Waals surface area contributed by atoms with E-state index in [0.29, 0.717) is 12.1 Å². The third-order valence-corrected chi connectivity index (χ3v) is 3.40. The van der Waals surface area contributed by atoms with E-state index < -0.39 is 47.7 Å². The van der Waals surface area contributed by atoms with E-state index in [1.54, 1.807) is 0 Å². The molecule has 0 aliphatic carbocycles. The van der Waals surface area contributed by atoms with Crippen LogP contribution in [0.1, 0.15) is 21.5 Å². The summed E-state index contributed by atoms with van der Waals surface area (Å²) in [6, 6.07) is 6.25. The van der Waals surface area contributed by atoms with Gasteiger partial charge in [0.05, 0.1) is 22.4 Å². The molecule has 0 atom stereocenters.